The molecule has 0 saturated carbocycles. The van der Waals surface area contributed by atoms with Crippen molar-refractivity contribution in [3.8, 4) is 0 Å². The zero-order chi connectivity index (χ0) is 17.8. The Morgan fingerprint density at radius 2 is 1.96 bits per heavy atom. The number of non-ortho nitro benzene ring substituents is 1. The van der Waals surface area contributed by atoms with Gasteiger partial charge in [0.2, 0.25) is 0 Å². The molecule has 1 aromatic heterocycles. The number of hydrazone groups is 1. The van der Waals surface area contributed by atoms with E-state index < -0.39 is 16.4 Å². The third kappa shape index (κ3) is 3.39. The zero-order valence-electron chi connectivity index (χ0n) is 12.7. The average molecular weight is 337 g/mol. The molecule has 0 spiro atoms. The van der Waals surface area contributed by atoms with Crippen molar-refractivity contribution in [2.24, 2.45) is 5.10 Å². The van der Waals surface area contributed by atoms with Crippen LogP contribution >= 0.6 is 0 Å². The molecule has 1 amide bonds. The Hall–Kier alpha value is -3.88. The summed E-state index contributed by atoms with van der Waals surface area (Å²) < 4.78 is 0. The highest BCUT2D eigenvalue weighted by molar-refractivity contribution is 6.04. The van der Waals surface area contributed by atoms with Crippen LogP contribution in [0.4, 0.5) is 5.69 Å². The van der Waals surface area contributed by atoms with E-state index in [2.05, 4.69) is 20.7 Å². The number of benzene rings is 2. The van der Waals surface area contributed by atoms with E-state index in [0.29, 0.717) is 16.3 Å². The number of amides is 1. The van der Waals surface area contributed by atoms with Gasteiger partial charge in [-0.25, -0.2) is 10.5 Å². The largest absolute Gasteiger partial charge is 0.292 e. The summed E-state index contributed by atoms with van der Waals surface area (Å²) in [6, 6.07) is 12.4. The summed E-state index contributed by atoms with van der Waals surface area (Å²) in [6.07, 6.45) is 1.28. The number of hydrogen-bond acceptors (Lipinski definition) is 6. The molecule has 0 atom stereocenters. The van der Waals surface area contributed by atoms with Crippen LogP contribution in [0, 0.1) is 10.1 Å². The van der Waals surface area contributed by atoms with Crippen LogP contribution < -0.4 is 11.0 Å². The van der Waals surface area contributed by atoms with Gasteiger partial charge in [-0.1, -0.05) is 30.3 Å². The van der Waals surface area contributed by atoms with Crippen LogP contribution in [-0.4, -0.2) is 27.2 Å². The number of hydrogen-bond donors (Lipinski definition) is 2. The number of nitrogens with zero attached hydrogens (tertiary/aromatic N) is 3. The maximum Gasteiger partial charge on any atom is 0.292 e. The predicted octanol–water partition coefficient (Wildman–Crippen LogP) is 1.60. The second-order valence-corrected chi connectivity index (χ2v) is 5.00. The van der Waals surface area contributed by atoms with Crippen LogP contribution in [0.1, 0.15) is 16.1 Å². The molecule has 0 radical (unpaired) electrons. The standard InChI is InChI=1S/C16H11N5O4/c22-15-13-7-2-1-6-12(13)14(18-20-15)16(23)19-17-9-10-4-3-5-11(8-10)21(24)25/h1-9H,(H,19,23)(H,20,22)/b17-9-. The molecule has 9 nitrogen and oxygen atoms in total. The Kier molecular flexibility index (Phi) is 4.29. The van der Waals surface area contributed by atoms with Crippen molar-refractivity contribution >= 4 is 28.6 Å². The molecule has 0 saturated heterocycles. The topological polar surface area (TPSA) is 130 Å². The molecule has 25 heavy (non-hydrogen) atoms. The van der Waals surface area contributed by atoms with Gasteiger partial charge in [0.25, 0.3) is 17.2 Å². The molecule has 0 fully saturated rings. The molecule has 0 aliphatic rings. The van der Waals surface area contributed by atoms with Crippen molar-refractivity contribution in [2.45, 2.75) is 0 Å². The van der Waals surface area contributed by atoms with E-state index in [-0.39, 0.29) is 11.4 Å². The number of nitro benzene ring substituents is 1. The fraction of sp³-hybridized carbons (Fsp3) is 0. The Morgan fingerprint density at radius 3 is 2.72 bits per heavy atom. The molecule has 3 aromatic rings. The number of H-pyrrole nitrogens is 1. The van der Waals surface area contributed by atoms with Gasteiger partial charge in [-0.15, -0.1) is 0 Å². The van der Waals surface area contributed by atoms with Gasteiger partial charge in [-0.05, 0) is 6.07 Å². The highest BCUT2D eigenvalue weighted by atomic mass is 16.6. The van der Waals surface area contributed by atoms with Crippen molar-refractivity contribution in [3.63, 3.8) is 0 Å². The first-order valence-corrected chi connectivity index (χ1v) is 7.11. The molecule has 0 bridgehead atoms. The number of carbonyl (C=O) groups is 1. The number of fused-ring (bicyclic) bond motifs is 1. The predicted molar refractivity (Wildman–Crippen MR) is 90.5 cm³/mol. The number of nitrogens with one attached hydrogen (secondary N) is 2. The maximum atomic E-state index is 12.2. The molecule has 0 aliphatic carbocycles. The average Bonchev–Trinajstić information content (AvgIpc) is 2.62. The van der Waals surface area contributed by atoms with Crippen LogP contribution in [0.3, 0.4) is 0 Å². The van der Waals surface area contributed by atoms with Crippen molar-refractivity contribution in [2.75, 3.05) is 0 Å². The second-order valence-electron chi connectivity index (χ2n) is 5.00. The summed E-state index contributed by atoms with van der Waals surface area (Å²) >= 11 is 0. The zero-order valence-corrected chi connectivity index (χ0v) is 12.7. The number of rotatable bonds is 4. The third-order valence-corrected chi connectivity index (χ3v) is 3.37. The summed E-state index contributed by atoms with van der Waals surface area (Å²) in [5.41, 5.74) is 2.28. The van der Waals surface area contributed by atoms with Gasteiger partial charge < -0.3 is 0 Å². The molecule has 0 aliphatic heterocycles. The lowest BCUT2D eigenvalue weighted by atomic mass is 10.1. The fourth-order valence-corrected chi connectivity index (χ4v) is 2.22. The molecule has 9 heteroatoms. The second kappa shape index (κ2) is 6.71. The number of nitro groups is 1. The summed E-state index contributed by atoms with van der Waals surface area (Å²) in [4.78, 5) is 34.1. The molecule has 1 heterocycles. The molecule has 3 rings (SSSR count). The van der Waals surface area contributed by atoms with E-state index in [1.807, 2.05) is 0 Å². The van der Waals surface area contributed by atoms with Crippen LogP contribution in [0.25, 0.3) is 10.8 Å². The van der Waals surface area contributed by atoms with E-state index in [9.17, 15) is 19.7 Å². The fourth-order valence-electron chi connectivity index (χ4n) is 2.22. The Morgan fingerprint density at radius 1 is 1.20 bits per heavy atom. The smallest absolute Gasteiger partial charge is 0.267 e. The van der Waals surface area contributed by atoms with Crippen molar-refractivity contribution in [1.82, 2.24) is 15.6 Å². The van der Waals surface area contributed by atoms with Crippen LogP contribution in [0.2, 0.25) is 0 Å². The summed E-state index contributed by atoms with van der Waals surface area (Å²) in [7, 11) is 0. The molecular weight excluding hydrogens is 326 g/mol. The Balaban J connectivity index is 1.82. The van der Waals surface area contributed by atoms with Crippen LogP contribution in [-0.2, 0) is 0 Å². The van der Waals surface area contributed by atoms with E-state index in [4.69, 9.17) is 0 Å². The van der Waals surface area contributed by atoms with Gasteiger partial charge in [0, 0.05) is 23.1 Å². The van der Waals surface area contributed by atoms with Crippen LogP contribution in [0.15, 0.2) is 58.4 Å². The van der Waals surface area contributed by atoms with Crippen molar-refractivity contribution in [3.05, 3.63) is 80.3 Å². The number of aromatic amines is 1. The van der Waals surface area contributed by atoms with Gasteiger partial charge in [0.05, 0.1) is 16.5 Å². The highest BCUT2D eigenvalue weighted by Crippen LogP contribution is 2.13. The van der Waals surface area contributed by atoms with E-state index in [1.165, 1.54) is 24.4 Å². The Labute approximate surface area is 140 Å². The first-order valence-electron chi connectivity index (χ1n) is 7.11. The van der Waals surface area contributed by atoms with Crippen LogP contribution in [0.5, 0.6) is 0 Å². The van der Waals surface area contributed by atoms with Gasteiger partial charge in [-0.3, -0.25) is 19.7 Å². The lowest BCUT2D eigenvalue weighted by molar-refractivity contribution is -0.384. The molecule has 2 aromatic carbocycles. The maximum absolute atomic E-state index is 12.2. The lowest BCUT2D eigenvalue weighted by Gasteiger charge is -2.03. The van der Waals surface area contributed by atoms with Gasteiger partial charge in [0.1, 0.15) is 0 Å². The summed E-state index contributed by atoms with van der Waals surface area (Å²) in [5.74, 6) is -0.617. The van der Waals surface area contributed by atoms with Gasteiger partial charge >= 0.3 is 0 Å². The minimum Gasteiger partial charge on any atom is -0.267 e. The quantitative estimate of drug-likeness (QED) is 0.424. The van der Waals surface area contributed by atoms with E-state index >= 15 is 0 Å². The summed E-state index contributed by atoms with van der Waals surface area (Å²) in [5, 5.41) is 21.2. The normalized spacial score (nSPS) is 10.9. The molecular formula is C16H11N5O4. The number of carbonyl (C=O) groups excluding carboxylic acids is 1. The first kappa shape index (κ1) is 16.0. The Bertz CT molecular complexity index is 1060. The third-order valence-electron chi connectivity index (χ3n) is 3.37. The summed E-state index contributed by atoms with van der Waals surface area (Å²) in [6.45, 7) is 0. The monoisotopic (exact) mass is 337 g/mol. The SMILES string of the molecule is O=C(N/N=C\c1cccc([N+](=O)[O-])c1)c1n[nH]c(=O)c2ccccc12. The lowest BCUT2D eigenvalue weighted by Crippen LogP contribution is -2.22. The first-order chi connectivity index (χ1) is 12.1. The van der Waals surface area contributed by atoms with Gasteiger partial charge in [0.15, 0.2) is 5.69 Å². The van der Waals surface area contributed by atoms with E-state index in [0.717, 1.165) is 0 Å². The van der Waals surface area contributed by atoms with E-state index in [1.54, 1.807) is 30.3 Å². The molecule has 0 unspecified atom stereocenters. The minimum atomic E-state index is -0.617. The van der Waals surface area contributed by atoms with Crippen molar-refractivity contribution < 1.29 is 9.72 Å². The minimum absolute atomic E-state index is 0.0198. The molecule has 2 N–H and O–H groups in total. The van der Waals surface area contributed by atoms with Gasteiger partial charge in [-0.2, -0.15) is 10.2 Å². The molecule has 124 valence electrons. The highest BCUT2D eigenvalue weighted by Gasteiger charge is 2.13. The van der Waals surface area contributed by atoms with Crippen molar-refractivity contribution in [1.29, 1.82) is 0 Å². The number of aromatic nitrogens is 2.